The van der Waals surface area contributed by atoms with Gasteiger partial charge in [0.2, 0.25) is 0 Å². The lowest BCUT2D eigenvalue weighted by molar-refractivity contribution is 0.199. The van der Waals surface area contributed by atoms with Crippen molar-refractivity contribution >= 4 is 29.2 Å². The fourth-order valence-corrected chi connectivity index (χ4v) is 5.26. The second-order valence-corrected chi connectivity index (χ2v) is 10.1. The molecular weight excluding hydrogens is 429 g/mol. The highest BCUT2D eigenvalue weighted by Crippen LogP contribution is 2.35. The normalized spacial score (nSPS) is 16.2. The Morgan fingerprint density at radius 3 is 2.55 bits per heavy atom. The first-order chi connectivity index (χ1) is 15.9. The van der Waals surface area contributed by atoms with Crippen molar-refractivity contribution in [2.45, 2.75) is 44.8 Å². The minimum absolute atomic E-state index is 0.234. The average molecular weight is 460 g/mol. The van der Waals surface area contributed by atoms with Crippen LogP contribution in [0.1, 0.15) is 35.7 Å². The van der Waals surface area contributed by atoms with Crippen LogP contribution in [0.2, 0.25) is 0 Å². The van der Waals surface area contributed by atoms with Gasteiger partial charge in [-0.05, 0) is 74.2 Å². The molecule has 0 bridgehead atoms. The largest absolute Gasteiger partial charge is 0.359 e. The van der Waals surface area contributed by atoms with E-state index in [2.05, 4.69) is 77.2 Å². The number of fused-ring (bicyclic) bond motifs is 3. The summed E-state index contributed by atoms with van der Waals surface area (Å²) in [7, 11) is 0. The summed E-state index contributed by atoms with van der Waals surface area (Å²) < 4.78 is 15.9. The smallest absolute Gasteiger partial charge is 0.134 e. The maximum Gasteiger partial charge on any atom is 0.134 e. The van der Waals surface area contributed by atoms with Crippen LogP contribution in [0.15, 0.2) is 72.8 Å². The summed E-state index contributed by atoms with van der Waals surface area (Å²) >= 11 is 5.02. The second kappa shape index (κ2) is 8.88. The van der Waals surface area contributed by atoms with E-state index in [9.17, 15) is 4.39 Å². The fourth-order valence-electron chi connectivity index (χ4n) is 4.96. The van der Waals surface area contributed by atoms with Crippen LogP contribution in [0, 0.1) is 12.7 Å². The minimum atomic E-state index is -0.572. The predicted molar refractivity (Wildman–Crippen MR) is 138 cm³/mol. The molecule has 1 aliphatic rings. The first-order valence-corrected chi connectivity index (χ1v) is 12.0. The molecule has 5 heteroatoms. The van der Waals surface area contributed by atoms with Crippen molar-refractivity contribution in [3.63, 3.8) is 0 Å². The van der Waals surface area contributed by atoms with Crippen LogP contribution >= 0.6 is 12.6 Å². The maximum atomic E-state index is 13.4. The number of hydrogen-bond acceptors (Lipinski definition) is 3. The van der Waals surface area contributed by atoms with Crippen molar-refractivity contribution in [1.82, 2.24) is 9.47 Å². The Balaban J connectivity index is 1.52. The van der Waals surface area contributed by atoms with E-state index in [1.807, 2.05) is 0 Å². The summed E-state index contributed by atoms with van der Waals surface area (Å²) in [6.07, 6.45) is 2.09. The third-order valence-corrected chi connectivity index (χ3v) is 7.05. The van der Waals surface area contributed by atoms with E-state index in [-0.39, 0.29) is 5.82 Å². The number of nitrogens with zero attached hydrogens (tertiary/aromatic N) is 2. The molecule has 4 aromatic rings. The molecule has 0 amide bonds. The summed E-state index contributed by atoms with van der Waals surface area (Å²) in [6, 6.07) is 24.0. The van der Waals surface area contributed by atoms with E-state index < -0.39 is 4.99 Å². The molecule has 2 heterocycles. The van der Waals surface area contributed by atoms with Crippen LogP contribution in [0.25, 0.3) is 10.9 Å². The molecule has 0 saturated carbocycles. The molecule has 33 heavy (non-hydrogen) atoms. The van der Waals surface area contributed by atoms with Crippen molar-refractivity contribution in [2.24, 2.45) is 0 Å². The molecular formula is C28H30FN3S. The third-order valence-electron chi connectivity index (χ3n) is 6.66. The number of anilines is 1. The lowest BCUT2D eigenvalue weighted by Crippen LogP contribution is -2.47. The lowest BCUT2D eigenvalue weighted by atomic mass is 10.1. The van der Waals surface area contributed by atoms with Crippen molar-refractivity contribution in [3.8, 4) is 0 Å². The lowest BCUT2D eigenvalue weighted by Gasteiger charge is -2.38. The molecule has 1 aliphatic heterocycles. The first kappa shape index (κ1) is 22.1. The van der Waals surface area contributed by atoms with Crippen LogP contribution in [0.4, 0.5) is 10.1 Å². The fraction of sp³-hybridized carbons (Fsp3) is 0.286. The van der Waals surface area contributed by atoms with Crippen molar-refractivity contribution < 1.29 is 4.39 Å². The van der Waals surface area contributed by atoms with E-state index in [4.69, 9.17) is 12.6 Å². The van der Waals surface area contributed by atoms with Crippen LogP contribution in [-0.2, 0) is 19.5 Å². The van der Waals surface area contributed by atoms with Crippen molar-refractivity contribution in [1.29, 1.82) is 0 Å². The van der Waals surface area contributed by atoms with Crippen LogP contribution in [-0.4, -0.2) is 21.0 Å². The van der Waals surface area contributed by atoms with E-state index in [1.54, 1.807) is 12.1 Å². The van der Waals surface area contributed by atoms with Crippen LogP contribution in [0.5, 0.6) is 0 Å². The van der Waals surface area contributed by atoms with E-state index >= 15 is 0 Å². The number of rotatable bonds is 5. The summed E-state index contributed by atoms with van der Waals surface area (Å²) in [5.74, 6) is -0.234. The number of aryl methyl sites for hydroxylation is 1. The van der Waals surface area contributed by atoms with Gasteiger partial charge < -0.3 is 9.88 Å². The summed E-state index contributed by atoms with van der Waals surface area (Å²) in [6.45, 7) is 6.86. The van der Waals surface area contributed by atoms with Gasteiger partial charge in [0.15, 0.2) is 0 Å². The van der Waals surface area contributed by atoms with Gasteiger partial charge in [0.05, 0.1) is 0 Å². The van der Waals surface area contributed by atoms with Gasteiger partial charge in [0.25, 0.3) is 0 Å². The number of aromatic nitrogens is 1. The van der Waals surface area contributed by atoms with E-state index in [0.717, 1.165) is 38.2 Å². The summed E-state index contributed by atoms with van der Waals surface area (Å²) in [4.78, 5) is 1.82. The predicted octanol–water partition coefficient (Wildman–Crippen LogP) is 6.60. The SMILES string of the molecule is Cc1ccc2c(c1)c1c(n2Cc2ccccc2)CCCN(C(C)(S)Nc2ccc(F)cc2)C1. The Hall–Kier alpha value is -2.76. The van der Waals surface area contributed by atoms with Gasteiger partial charge in [0, 0.05) is 41.9 Å². The monoisotopic (exact) mass is 459 g/mol. The Kier molecular flexibility index (Phi) is 5.94. The zero-order valence-corrected chi connectivity index (χ0v) is 20.1. The second-order valence-electron chi connectivity index (χ2n) is 9.20. The number of benzene rings is 3. The van der Waals surface area contributed by atoms with Crippen LogP contribution in [0.3, 0.4) is 0 Å². The maximum absolute atomic E-state index is 13.4. The number of hydrogen-bond donors (Lipinski definition) is 2. The zero-order valence-electron chi connectivity index (χ0n) is 19.2. The molecule has 0 radical (unpaired) electrons. The number of thiol groups is 1. The number of nitrogens with one attached hydrogen (secondary N) is 1. The summed E-state index contributed by atoms with van der Waals surface area (Å²) in [5, 5.41) is 4.83. The van der Waals surface area contributed by atoms with E-state index in [1.165, 1.54) is 45.4 Å². The average Bonchev–Trinajstić information content (AvgIpc) is 2.94. The number of halogens is 1. The molecule has 0 spiro atoms. The highest BCUT2D eigenvalue weighted by Gasteiger charge is 2.32. The molecule has 1 unspecified atom stereocenters. The van der Waals surface area contributed by atoms with Gasteiger partial charge in [-0.15, -0.1) is 12.6 Å². The van der Waals surface area contributed by atoms with Crippen molar-refractivity contribution in [3.05, 3.63) is 101 Å². The summed E-state index contributed by atoms with van der Waals surface area (Å²) in [5.41, 5.74) is 7.56. The zero-order chi connectivity index (χ0) is 23.0. The molecule has 0 fully saturated rings. The van der Waals surface area contributed by atoms with E-state index in [0.29, 0.717) is 0 Å². The topological polar surface area (TPSA) is 20.2 Å². The quantitative estimate of drug-likeness (QED) is 0.259. The Labute approximate surface area is 200 Å². The highest BCUT2D eigenvalue weighted by molar-refractivity contribution is 7.81. The Morgan fingerprint density at radius 1 is 1.03 bits per heavy atom. The molecule has 3 aromatic carbocycles. The molecule has 3 nitrogen and oxygen atoms in total. The van der Waals surface area contributed by atoms with Gasteiger partial charge in [-0.25, -0.2) is 4.39 Å². The molecule has 0 saturated heterocycles. The Bertz CT molecular complexity index is 1260. The molecule has 5 rings (SSSR count). The van der Waals surface area contributed by atoms with Gasteiger partial charge in [-0.2, -0.15) is 0 Å². The molecule has 1 atom stereocenters. The molecule has 170 valence electrons. The van der Waals surface area contributed by atoms with Gasteiger partial charge in [-0.3, -0.25) is 4.90 Å². The third kappa shape index (κ3) is 4.53. The van der Waals surface area contributed by atoms with Crippen LogP contribution < -0.4 is 5.32 Å². The van der Waals surface area contributed by atoms with Gasteiger partial charge in [-0.1, -0.05) is 42.0 Å². The van der Waals surface area contributed by atoms with Gasteiger partial charge >= 0.3 is 0 Å². The highest BCUT2D eigenvalue weighted by atomic mass is 32.1. The molecule has 1 aromatic heterocycles. The standard InChI is InChI=1S/C28H30FN3S/c1-20-10-15-27-24(17-20)25-19-31(28(2,33)30-23-13-11-22(29)12-14-23)16-6-9-26(25)32(27)18-21-7-4-3-5-8-21/h3-5,7-8,10-15,17,30,33H,6,9,16,18-19H2,1-2H3. The molecule has 1 N–H and O–H groups in total. The first-order valence-electron chi connectivity index (χ1n) is 11.6. The van der Waals surface area contributed by atoms with Gasteiger partial charge in [0.1, 0.15) is 10.8 Å². The molecule has 0 aliphatic carbocycles. The Morgan fingerprint density at radius 2 is 1.79 bits per heavy atom. The van der Waals surface area contributed by atoms with Crippen molar-refractivity contribution in [2.75, 3.05) is 11.9 Å². The minimum Gasteiger partial charge on any atom is -0.359 e.